The van der Waals surface area contributed by atoms with Crippen molar-refractivity contribution in [2.24, 2.45) is 0 Å². The largest absolute Gasteiger partial charge is 0.492 e. The Kier molecular flexibility index (Phi) is 6.74. The van der Waals surface area contributed by atoms with Crippen molar-refractivity contribution in [1.29, 1.82) is 0 Å². The molecule has 0 radical (unpaired) electrons. The standard InChI is InChI=1S/C22H31N5O3S/c1-23-22-19-16-27(31(28,29)14-13-30-18-8-4-3-5-9-18)12-10-20(19)24-21(25-22)17-7-6-11-26(2)15-17/h3-5,8-9,17H,6-7,10-16H2,1-2H3,(H,23,24,25)/t17-/m0/s1. The Balaban J connectivity index is 1.46. The molecule has 0 saturated carbocycles. The Morgan fingerprint density at radius 3 is 2.74 bits per heavy atom. The summed E-state index contributed by atoms with van der Waals surface area (Å²) in [6, 6.07) is 9.27. The third kappa shape index (κ3) is 5.16. The maximum atomic E-state index is 12.9. The number of piperidine rings is 1. The lowest BCUT2D eigenvalue weighted by Crippen LogP contribution is -2.39. The number of para-hydroxylation sites is 1. The number of benzene rings is 1. The van der Waals surface area contributed by atoms with Gasteiger partial charge in [-0.1, -0.05) is 18.2 Å². The van der Waals surface area contributed by atoms with Gasteiger partial charge in [0.25, 0.3) is 0 Å². The fourth-order valence-electron chi connectivity index (χ4n) is 4.32. The number of hydrogen-bond acceptors (Lipinski definition) is 7. The molecule has 4 rings (SSSR count). The van der Waals surface area contributed by atoms with Crippen molar-refractivity contribution in [2.75, 3.05) is 51.4 Å². The predicted octanol–water partition coefficient (Wildman–Crippen LogP) is 2.09. The van der Waals surface area contributed by atoms with Gasteiger partial charge in [0, 0.05) is 44.6 Å². The average molecular weight is 446 g/mol. The molecule has 1 atom stereocenters. The fraction of sp³-hybridized carbons (Fsp3) is 0.545. The first-order chi connectivity index (χ1) is 15.0. The molecule has 2 aliphatic heterocycles. The van der Waals surface area contributed by atoms with Gasteiger partial charge in [0.05, 0.1) is 11.4 Å². The van der Waals surface area contributed by atoms with E-state index in [1.165, 1.54) is 4.31 Å². The highest BCUT2D eigenvalue weighted by Crippen LogP contribution is 2.30. The van der Waals surface area contributed by atoms with Crippen LogP contribution in [0, 0.1) is 0 Å². The molecule has 168 valence electrons. The Hall–Kier alpha value is -2.23. The van der Waals surface area contributed by atoms with Crippen molar-refractivity contribution in [1.82, 2.24) is 19.2 Å². The van der Waals surface area contributed by atoms with Gasteiger partial charge in [-0.25, -0.2) is 18.4 Å². The Labute approximate surface area is 184 Å². The summed E-state index contributed by atoms with van der Waals surface area (Å²) in [7, 11) is 0.526. The van der Waals surface area contributed by atoms with E-state index in [1.54, 1.807) is 0 Å². The summed E-state index contributed by atoms with van der Waals surface area (Å²) in [5, 5.41) is 3.17. The van der Waals surface area contributed by atoms with Gasteiger partial charge in [0.15, 0.2) is 0 Å². The monoisotopic (exact) mass is 445 g/mol. The zero-order chi connectivity index (χ0) is 21.8. The normalized spacial score (nSPS) is 20.3. The van der Waals surface area contributed by atoms with Crippen LogP contribution in [0.2, 0.25) is 0 Å². The number of nitrogens with zero attached hydrogens (tertiary/aromatic N) is 4. The highest BCUT2D eigenvalue weighted by atomic mass is 32.2. The zero-order valence-corrected chi connectivity index (χ0v) is 19.1. The van der Waals surface area contributed by atoms with Crippen LogP contribution in [0.15, 0.2) is 30.3 Å². The summed E-state index contributed by atoms with van der Waals surface area (Å²) in [5.41, 5.74) is 1.85. The van der Waals surface area contributed by atoms with Crippen molar-refractivity contribution < 1.29 is 13.2 Å². The molecule has 9 heteroatoms. The average Bonchev–Trinajstić information content (AvgIpc) is 2.78. The number of fused-ring (bicyclic) bond motifs is 1. The molecule has 8 nitrogen and oxygen atoms in total. The molecule has 1 fully saturated rings. The first-order valence-corrected chi connectivity index (χ1v) is 12.5. The van der Waals surface area contributed by atoms with Crippen LogP contribution >= 0.6 is 0 Å². The minimum absolute atomic E-state index is 0.0561. The third-order valence-electron chi connectivity index (χ3n) is 6.02. The molecule has 0 aliphatic carbocycles. The summed E-state index contributed by atoms with van der Waals surface area (Å²) in [4.78, 5) is 12.0. The minimum Gasteiger partial charge on any atom is -0.492 e. The SMILES string of the molecule is CNc1nc([C@H]2CCCN(C)C2)nc2c1CN(S(=O)(=O)CCOc1ccccc1)CC2. The molecule has 2 aliphatic rings. The quantitative estimate of drug-likeness (QED) is 0.698. The lowest BCUT2D eigenvalue weighted by molar-refractivity contribution is 0.245. The van der Waals surface area contributed by atoms with Crippen LogP contribution in [0.25, 0.3) is 0 Å². The number of sulfonamides is 1. The van der Waals surface area contributed by atoms with Gasteiger partial charge in [0.2, 0.25) is 10.0 Å². The van der Waals surface area contributed by atoms with Gasteiger partial charge >= 0.3 is 0 Å². The lowest BCUT2D eigenvalue weighted by atomic mass is 9.97. The molecule has 1 saturated heterocycles. The molecule has 1 N–H and O–H groups in total. The van der Waals surface area contributed by atoms with Crippen molar-refractivity contribution in [3.8, 4) is 5.75 Å². The highest BCUT2D eigenvalue weighted by molar-refractivity contribution is 7.89. The van der Waals surface area contributed by atoms with Crippen LogP contribution in [0.5, 0.6) is 5.75 Å². The van der Waals surface area contributed by atoms with E-state index in [0.717, 1.165) is 48.8 Å². The van der Waals surface area contributed by atoms with Gasteiger partial charge in [0.1, 0.15) is 24.0 Å². The number of nitrogens with one attached hydrogen (secondary N) is 1. The van der Waals surface area contributed by atoms with Gasteiger partial charge in [-0.2, -0.15) is 4.31 Å². The zero-order valence-electron chi connectivity index (χ0n) is 18.2. The number of ether oxygens (including phenoxy) is 1. The summed E-state index contributed by atoms with van der Waals surface area (Å²) in [6.07, 6.45) is 2.84. The third-order valence-corrected chi connectivity index (χ3v) is 7.80. The summed E-state index contributed by atoms with van der Waals surface area (Å²) in [5.74, 6) is 2.57. The molecule has 1 aromatic carbocycles. The molecular weight excluding hydrogens is 414 g/mol. The topological polar surface area (TPSA) is 87.7 Å². The second-order valence-electron chi connectivity index (χ2n) is 8.27. The van der Waals surface area contributed by atoms with Gasteiger partial charge in [-0.15, -0.1) is 0 Å². The smallest absolute Gasteiger partial charge is 0.217 e. The molecule has 3 heterocycles. The van der Waals surface area contributed by atoms with Crippen LogP contribution < -0.4 is 10.1 Å². The lowest BCUT2D eigenvalue weighted by Gasteiger charge is -2.31. The van der Waals surface area contributed by atoms with Gasteiger partial charge < -0.3 is 15.0 Å². The van der Waals surface area contributed by atoms with E-state index in [0.29, 0.717) is 31.2 Å². The van der Waals surface area contributed by atoms with Crippen LogP contribution in [-0.2, 0) is 23.0 Å². The molecule has 0 amide bonds. The second-order valence-corrected chi connectivity index (χ2v) is 10.4. The first-order valence-electron chi connectivity index (χ1n) is 10.9. The maximum absolute atomic E-state index is 12.9. The van der Waals surface area contributed by atoms with Crippen LogP contribution in [-0.4, -0.2) is 73.7 Å². The van der Waals surface area contributed by atoms with E-state index in [9.17, 15) is 8.42 Å². The molecule has 31 heavy (non-hydrogen) atoms. The molecule has 0 spiro atoms. The van der Waals surface area contributed by atoms with Crippen molar-refractivity contribution >= 4 is 15.8 Å². The van der Waals surface area contributed by atoms with Crippen molar-refractivity contribution in [2.45, 2.75) is 31.7 Å². The van der Waals surface area contributed by atoms with E-state index in [-0.39, 0.29) is 12.4 Å². The summed E-state index contributed by atoms with van der Waals surface area (Å²) < 4.78 is 33.0. The molecule has 0 unspecified atom stereocenters. The second kappa shape index (κ2) is 9.50. The summed E-state index contributed by atoms with van der Waals surface area (Å²) >= 11 is 0. The molecule has 2 aromatic rings. The number of anilines is 1. The molecular formula is C22H31N5O3S. The number of aromatic nitrogens is 2. The maximum Gasteiger partial charge on any atom is 0.217 e. The fourth-order valence-corrected chi connectivity index (χ4v) is 5.57. The van der Waals surface area contributed by atoms with Crippen LogP contribution in [0.4, 0.5) is 5.82 Å². The first kappa shape index (κ1) is 22.0. The van der Waals surface area contributed by atoms with E-state index in [2.05, 4.69) is 17.3 Å². The highest BCUT2D eigenvalue weighted by Gasteiger charge is 2.31. The van der Waals surface area contributed by atoms with Crippen LogP contribution in [0.3, 0.4) is 0 Å². The van der Waals surface area contributed by atoms with E-state index in [1.807, 2.05) is 37.4 Å². The van der Waals surface area contributed by atoms with Gasteiger partial charge in [-0.3, -0.25) is 0 Å². The Morgan fingerprint density at radius 1 is 1.19 bits per heavy atom. The Morgan fingerprint density at radius 2 is 2.00 bits per heavy atom. The van der Waals surface area contributed by atoms with E-state index >= 15 is 0 Å². The number of hydrogen-bond donors (Lipinski definition) is 1. The van der Waals surface area contributed by atoms with Gasteiger partial charge in [-0.05, 0) is 38.6 Å². The van der Waals surface area contributed by atoms with Crippen molar-refractivity contribution in [3.05, 3.63) is 47.4 Å². The summed E-state index contributed by atoms with van der Waals surface area (Å²) in [6.45, 7) is 2.93. The predicted molar refractivity (Wildman–Crippen MR) is 121 cm³/mol. The molecule has 1 aromatic heterocycles. The Bertz CT molecular complexity index is 982. The number of rotatable bonds is 7. The number of likely N-dealkylation sites (N-methyl/N-ethyl adjacent to an activating group) is 1. The minimum atomic E-state index is -3.44. The van der Waals surface area contributed by atoms with Crippen molar-refractivity contribution in [3.63, 3.8) is 0 Å². The van der Waals surface area contributed by atoms with E-state index < -0.39 is 10.0 Å². The van der Waals surface area contributed by atoms with E-state index in [4.69, 9.17) is 14.7 Å². The molecule has 0 bridgehead atoms. The number of likely N-dealkylation sites (tertiary alicyclic amines) is 1. The van der Waals surface area contributed by atoms with Crippen LogP contribution in [0.1, 0.15) is 35.8 Å².